The van der Waals surface area contributed by atoms with Crippen LogP contribution in [0.15, 0.2) is 30.3 Å². The predicted molar refractivity (Wildman–Crippen MR) is 106 cm³/mol. The molecule has 0 bridgehead atoms. The Morgan fingerprint density at radius 1 is 1.07 bits per heavy atom. The van der Waals surface area contributed by atoms with Gasteiger partial charge in [0.25, 0.3) is 5.91 Å². The SMILES string of the molecule is O=C(COC(=O)C1CCN(C(=O)Nc2ccccc2)CC1)N[C@@H]1CCS(=O)(=O)C1. The number of carbonyl (C=O) groups is 3. The van der Waals surface area contributed by atoms with Crippen molar-refractivity contribution in [1.82, 2.24) is 10.2 Å². The van der Waals surface area contributed by atoms with Crippen LogP contribution in [0.1, 0.15) is 19.3 Å². The first-order chi connectivity index (χ1) is 13.8. The summed E-state index contributed by atoms with van der Waals surface area (Å²) in [6.07, 6.45) is 1.30. The van der Waals surface area contributed by atoms with Crippen molar-refractivity contribution in [2.24, 2.45) is 5.92 Å². The average Bonchev–Trinajstić information content (AvgIpc) is 3.05. The van der Waals surface area contributed by atoms with Gasteiger partial charge in [0.1, 0.15) is 0 Å². The van der Waals surface area contributed by atoms with Crippen LogP contribution in [0.3, 0.4) is 0 Å². The summed E-state index contributed by atoms with van der Waals surface area (Å²) in [5.41, 5.74) is 0.708. The number of esters is 1. The predicted octanol–water partition coefficient (Wildman–Crippen LogP) is 0.777. The van der Waals surface area contributed by atoms with E-state index in [1.165, 1.54) is 0 Å². The van der Waals surface area contributed by atoms with Crippen molar-refractivity contribution in [2.45, 2.75) is 25.3 Å². The zero-order valence-electron chi connectivity index (χ0n) is 16.0. The van der Waals surface area contributed by atoms with Crippen LogP contribution in [-0.2, 0) is 24.2 Å². The van der Waals surface area contributed by atoms with Crippen LogP contribution in [0.4, 0.5) is 10.5 Å². The maximum Gasteiger partial charge on any atom is 0.321 e. The highest BCUT2D eigenvalue weighted by Gasteiger charge is 2.31. The summed E-state index contributed by atoms with van der Waals surface area (Å²) in [6, 6.07) is 8.50. The zero-order chi connectivity index (χ0) is 20.9. The fourth-order valence-electron chi connectivity index (χ4n) is 3.48. The molecule has 1 aromatic carbocycles. The number of hydrogen-bond acceptors (Lipinski definition) is 6. The molecule has 0 aliphatic carbocycles. The Morgan fingerprint density at radius 3 is 2.38 bits per heavy atom. The van der Waals surface area contributed by atoms with Crippen LogP contribution in [0, 0.1) is 5.92 Å². The number of ether oxygens (including phenoxy) is 1. The van der Waals surface area contributed by atoms with Crippen LogP contribution in [0.5, 0.6) is 0 Å². The first-order valence-electron chi connectivity index (χ1n) is 9.60. The van der Waals surface area contributed by atoms with E-state index in [0.717, 1.165) is 0 Å². The minimum Gasteiger partial charge on any atom is -0.455 e. The van der Waals surface area contributed by atoms with Gasteiger partial charge in [-0.15, -0.1) is 0 Å². The van der Waals surface area contributed by atoms with E-state index in [1.807, 2.05) is 18.2 Å². The lowest BCUT2D eigenvalue weighted by molar-refractivity contribution is -0.154. The molecular weight excluding hydrogens is 398 g/mol. The number of carbonyl (C=O) groups excluding carboxylic acids is 3. The molecule has 3 rings (SSSR count). The fourth-order valence-corrected chi connectivity index (χ4v) is 5.15. The summed E-state index contributed by atoms with van der Waals surface area (Å²) >= 11 is 0. The molecule has 2 aliphatic rings. The van der Waals surface area contributed by atoms with Gasteiger partial charge in [-0.05, 0) is 31.4 Å². The molecule has 2 heterocycles. The lowest BCUT2D eigenvalue weighted by Gasteiger charge is -2.30. The molecule has 1 aromatic rings. The van der Waals surface area contributed by atoms with Gasteiger partial charge >= 0.3 is 12.0 Å². The number of hydrogen-bond donors (Lipinski definition) is 2. The summed E-state index contributed by atoms with van der Waals surface area (Å²) in [6.45, 7) is 0.416. The van der Waals surface area contributed by atoms with Crippen LogP contribution in [0.2, 0.25) is 0 Å². The van der Waals surface area contributed by atoms with Gasteiger partial charge in [0, 0.05) is 24.8 Å². The van der Waals surface area contributed by atoms with Crippen molar-refractivity contribution in [3.8, 4) is 0 Å². The molecule has 0 radical (unpaired) electrons. The largest absolute Gasteiger partial charge is 0.455 e. The van der Waals surface area contributed by atoms with E-state index in [4.69, 9.17) is 4.74 Å². The smallest absolute Gasteiger partial charge is 0.321 e. The van der Waals surface area contributed by atoms with Crippen molar-refractivity contribution in [3.05, 3.63) is 30.3 Å². The third-order valence-corrected chi connectivity index (χ3v) is 6.85. The number of likely N-dealkylation sites (tertiary alicyclic amines) is 1. The average molecular weight is 423 g/mol. The third-order valence-electron chi connectivity index (χ3n) is 5.08. The molecule has 0 aromatic heterocycles. The van der Waals surface area contributed by atoms with Gasteiger partial charge in [0.05, 0.1) is 17.4 Å². The molecule has 0 saturated carbocycles. The van der Waals surface area contributed by atoms with Crippen molar-refractivity contribution >= 4 is 33.4 Å². The number of para-hydroxylation sites is 1. The zero-order valence-corrected chi connectivity index (χ0v) is 16.8. The Bertz CT molecular complexity index is 850. The highest BCUT2D eigenvalue weighted by molar-refractivity contribution is 7.91. The van der Waals surface area contributed by atoms with Crippen LogP contribution in [0.25, 0.3) is 0 Å². The van der Waals surface area contributed by atoms with E-state index in [0.29, 0.717) is 38.0 Å². The van der Waals surface area contributed by atoms with Crippen molar-refractivity contribution in [2.75, 3.05) is 36.5 Å². The first-order valence-corrected chi connectivity index (χ1v) is 11.4. The molecule has 2 saturated heterocycles. The molecule has 2 aliphatic heterocycles. The second kappa shape index (κ2) is 9.25. The Labute approximate surface area is 169 Å². The highest BCUT2D eigenvalue weighted by Crippen LogP contribution is 2.20. The Morgan fingerprint density at radius 2 is 1.76 bits per heavy atom. The number of nitrogens with zero attached hydrogens (tertiary/aromatic N) is 1. The van der Waals surface area contributed by atoms with Gasteiger partial charge in [-0.1, -0.05) is 18.2 Å². The minimum absolute atomic E-state index is 0.0636. The van der Waals surface area contributed by atoms with Crippen molar-refractivity contribution < 1.29 is 27.5 Å². The maximum absolute atomic E-state index is 12.3. The molecule has 2 N–H and O–H groups in total. The topological polar surface area (TPSA) is 122 Å². The summed E-state index contributed by atoms with van der Waals surface area (Å²) < 4.78 is 27.9. The van der Waals surface area contributed by atoms with E-state index in [9.17, 15) is 22.8 Å². The number of rotatable bonds is 5. The van der Waals surface area contributed by atoms with Gasteiger partial charge in [0.15, 0.2) is 16.4 Å². The summed E-state index contributed by atoms with van der Waals surface area (Å²) in [5.74, 6) is -1.34. The molecule has 0 spiro atoms. The van der Waals surface area contributed by atoms with Crippen molar-refractivity contribution in [3.63, 3.8) is 0 Å². The molecule has 9 nitrogen and oxygen atoms in total. The molecule has 1 atom stereocenters. The number of benzene rings is 1. The molecule has 158 valence electrons. The highest BCUT2D eigenvalue weighted by atomic mass is 32.2. The Balaban J connectivity index is 1.36. The normalized spacial score (nSPS) is 21.4. The molecule has 10 heteroatoms. The van der Waals surface area contributed by atoms with E-state index < -0.39 is 34.4 Å². The summed E-state index contributed by atoms with van der Waals surface area (Å²) in [4.78, 5) is 38.0. The Hall–Kier alpha value is -2.62. The molecular formula is C19H25N3O6S. The monoisotopic (exact) mass is 423 g/mol. The third kappa shape index (κ3) is 6.18. The van der Waals surface area contributed by atoms with E-state index in [1.54, 1.807) is 17.0 Å². The lowest BCUT2D eigenvalue weighted by atomic mass is 9.97. The molecule has 29 heavy (non-hydrogen) atoms. The fraction of sp³-hybridized carbons (Fsp3) is 0.526. The second-order valence-electron chi connectivity index (χ2n) is 7.33. The number of amides is 3. The summed E-state index contributed by atoms with van der Waals surface area (Å²) in [7, 11) is -3.08. The van der Waals surface area contributed by atoms with Gasteiger partial charge < -0.3 is 20.3 Å². The van der Waals surface area contributed by atoms with Gasteiger partial charge in [-0.25, -0.2) is 13.2 Å². The number of nitrogens with one attached hydrogen (secondary N) is 2. The number of urea groups is 1. The van der Waals surface area contributed by atoms with Crippen LogP contribution in [-0.4, -0.2) is 68.5 Å². The number of anilines is 1. The standard InChI is InChI=1S/C19H25N3O6S/c23-17(20-16-8-11-29(26,27)13-16)12-28-18(24)14-6-9-22(10-7-14)19(25)21-15-4-2-1-3-5-15/h1-5,14,16H,6-13H2,(H,20,23)(H,21,25)/t16-/m1/s1. The lowest BCUT2D eigenvalue weighted by Crippen LogP contribution is -2.43. The number of sulfone groups is 1. The Kier molecular flexibility index (Phi) is 6.73. The molecule has 2 fully saturated rings. The van der Waals surface area contributed by atoms with E-state index in [-0.39, 0.29) is 23.5 Å². The minimum atomic E-state index is -3.08. The second-order valence-corrected chi connectivity index (χ2v) is 9.56. The molecule has 3 amide bonds. The summed E-state index contributed by atoms with van der Waals surface area (Å²) in [5, 5.41) is 5.39. The van der Waals surface area contributed by atoms with Gasteiger partial charge in [0.2, 0.25) is 0 Å². The van der Waals surface area contributed by atoms with E-state index in [2.05, 4.69) is 10.6 Å². The number of piperidine rings is 1. The van der Waals surface area contributed by atoms with Crippen molar-refractivity contribution in [1.29, 1.82) is 0 Å². The quantitative estimate of drug-likeness (QED) is 0.675. The van der Waals surface area contributed by atoms with Crippen LogP contribution < -0.4 is 10.6 Å². The van der Waals surface area contributed by atoms with E-state index >= 15 is 0 Å². The van der Waals surface area contributed by atoms with Crippen LogP contribution >= 0.6 is 0 Å². The first kappa shape index (κ1) is 21.1. The van der Waals surface area contributed by atoms with Gasteiger partial charge in [-0.2, -0.15) is 0 Å². The maximum atomic E-state index is 12.3. The molecule has 0 unspecified atom stereocenters. The van der Waals surface area contributed by atoms with Gasteiger partial charge in [-0.3, -0.25) is 9.59 Å².